The van der Waals surface area contributed by atoms with Crippen molar-refractivity contribution >= 4 is 11.8 Å². The number of nitrogens with zero attached hydrogens (tertiary/aromatic N) is 1. The molecule has 0 bridgehead atoms. The van der Waals surface area contributed by atoms with Crippen LogP contribution in [0.4, 0.5) is 0 Å². The summed E-state index contributed by atoms with van der Waals surface area (Å²) in [6.45, 7) is 9.82. The van der Waals surface area contributed by atoms with Crippen molar-refractivity contribution in [3.8, 4) is 0 Å². The zero-order chi connectivity index (χ0) is 17.7. The molecule has 2 unspecified atom stereocenters. The maximum Gasteiger partial charge on any atom is 0.245 e. The average Bonchev–Trinajstić information content (AvgIpc) is 2.59. The molecule has 2 atom stereocenters. The van der Waals surface area contributed by atoms with Crippen molar-refractivity contribution in [2.75, 3.05) is 19.8 Å². The predicted octanol–water partition coefficient (Wildman–Crippen LogP) is 2.59. The number of amides is 2. The maximum absolute atomic E-state index is 13.3. The van der Waals surface area contributed by atoms with Crippen molar-refractivity contribution in [1.82, 2.24) is 10.2 Å². The van der Waals surface area contributed by atoms with E-state index in [0.717, 1.165) is 25.7 Å². The predicted molar refractivity (Wildman–Crippen MR) is 94.5 cm³/mol. The van der Waals surface area contributed by atoms with Gasteiger partial charge < -0.3 is 15.0 Å². The molecule has 138 valence electrons. The summed E-state index contributed by atoms with van der Waals surface area (Å²) in [5.74, 6) is 0.590. The Bertz CT molecular complexity index is 430. The third-order valence-electron chi connectivity index (χ3n) is 5.43. The number of ether oxygens (including phenoxy) is 1. The second-order valence-corrected chi connectivity index (χ2v) is 7.96. The standard InChI is InChI=1S/C19H34N2O3/c1-13(2)16-12-24-11-10-21(16)19(23)17(20-18(22)14(3)4)15-8-6-5-7-9-15/h13-17H,5-12H2,1-4H3,(H,20,22). The Labute approximate surface area is 146 Å². The number of carbonyl (C=O) groups is 2. The lowest BCUT2D eigenvalue weighted by molar-refractivity contribution is -0.148. The van der Waals surface area contributed by atoms with E-state index in [4.69, 9.17) is 4.74 Å². The highest BCUT2D eigenvalue weighted by atomic mass is 16.5. The second-order valence-electron chi connectivity index (χ2n) is 7.96. The Morgan fingerprint density at radius 3 is 2.33 bits per heavy atom. The average molecular weight is 338 g/mol. The van der Waals surface area contributed by atoms with Crippen molar-refractivity contribution in [3.05, 3.63) is 0 Å². The molecule has 1 heterocycles. The molecule has 0 aromatic carbocycles. The van der Waals surface area contributed by atoms with Gasteiger partial charge in [0.25, 0.3) is 0 Å². The molecule has 2 fully saturated rings. The summed E-state index contributed by atoms with van der Waals surface area (Å²) in [7, 11) is 0. The Hall–Kier alpha value is -1.10. The van der Waals surface area contributed by atoms with Gasteiger partial charge in [-0.3, -0.25) is 9.59 Å². The van der Waals surface area contributed by atoms with E-state index in [1.807, 2.05) is 18.7 Å². The summed E-state index contributed by atoms with van der Waals surface area (Å²) in [5, 5.41) is 3.07. The van der Waals surface area contributed by atoms with Gasteiger partial charge in [-0.25, -0.2) is 0 Å². The molecule has 1 aliphatic carbocycles. The van der Waals surface area contributed by atoms with E-state index in [2.05, 4.69) is 19.2 Å². The van der Waals surface area contributed by atoms with E-state index >= 15 is 0 Å². The number of nitrogens with one attached hydrogen (secondary N) is 1. The van der Waals surface area contributed by atoms with Crippen molar-refractivity contribution in [2.45, 2.75) is 71.9 Å². The Kier molecular flexibility index (Phi) is 7.08. The summed E-state index contributed by atoms with van der Waals surface area (Å²) in [6.07, 6.45) is 5.62. The highest BCUT2D eigenvalue weighted by molar-refractivity contribution is 5.88. The number of morpholine rings is 1. The van der Waals surface area contributed by atoms with Gasteiger partial charge >= 0.3 is 0 Å². The topological polar surface area (TPSA) is 58.6 Å². The van der Waals surface area contributed by atoms with Crippen LogP contribution < -0.4 is 5.32 Å². The fourth-order valence-electron chi connectivity index (χ4n) is 3.80. The molecule has 0 aromatic heterocycles. The van der Waals surface area contributed by atoms with Gasteiger partial charge in [0.1, 0.15) is 6.04 Å². The van der Waals surface area contributed by atoms with E-state index in [1.54, 1.807) is 0 Å². The summed E-state index contributed by atoms with van der Waals surface area (Å²) in [6, 6.07) is -0.271. The molecule has 1 aliphatic heterocycles. The third kappa shape index (κ3) is 4.71. The van der Waals surface area contributed by atoms with Gasteiger partial charge in [-0.15, -0.1) is 0 Å². The first-order valence-electron chi connectivity index (χ1n) is 9.60. The molecule has 5 heteroatoms. The van der Waals surface area contributed by atoms with Crippen LogP contribution in [0.2, 0.25) is 0 Å². The first kappa shape index (κ1) is 19.2. The summed E-state index contributed by atoms with van der Waals surface area (Å²) >= 11 is 0. The minimum absolute atomic E-state index is 0.0201. The molecule has 0 radical (unpaired) electrons. The van der Waals surface area contributed by atoms with Crippen LogP contribution in [0.5, 0.6) is 0 Å². The monoisotopic (exact) mass is 338 g/mol. The van der Waals surface area contributed by atoms with Crippen molar-refractivity contribution in [2.24, 2.45) is 17.8 Å². The van der Waals surface area contributed by atoms with Crippen LogP contribution in [-0.2, 0) is 14.3 Å². The molecule has 2 amide bonds. The molecule has 2 aliphatic rings. The number of hydrogen-bond acceptors (Lipinski definition) is 3. The minimum atomic E-state index is -0.375. The fourth-order valence-corrected chi connectivity index (χ4v) is 3.80. The van der Waals surface area contributed by atoms with E-state index < -0.39 is 0 Å². The SMILES string of the molecule is CC(C)C(=O)NC(C(=O)N1CCOCC1C(C)C)C1CCCCC1. The molecule has 24 heavy (non-hydrogen) atoms. The van der Waals surface area contributed by atoms with Crippen LogP contribution >= 0.6 is 0 Å². The summed E-state index contributed by atoms with van der Waals surface area (Å²) < 4.78 is 5.59. The highest BCUT2D eigenvalue weighted by Gasteiger charge is 2.38. The van der Waals surface area contributed by atoms with Gasteiger partial charge in [0.05, 0.1) is 19.3 Å². The molecular weight excluding hydrogens is 304 g/mol. The largest absolute Gasteiger partial charge is 0.377 e. The van der Waals surface area contributed by atoms with Crippen LogP contribution in [0.15, 0.2) is 0 Å². The summed E-state index contributed by atoms with van der Waals surface area (Å²) in [5.41, 5.74) is 0. The lowest BCUT2D eigenvalue weighted by Gasteiger charge is -2.42. The highest BCUT2D eigenvalue weighted by Crippen LogP contribution is 2.29. The zero-order valence-corrected chi connectivity index (χ0v) is 15.7. The van der Waals surface area contributed by atoms with Gasteiger partial charge in [0, 0.05) is 12.5 Å². The summed E-state index contributed by atoms with van der Waals surface area (Å²) in [4.78, 5) is 27.6. The van der Waals surface area contributed by atoms with E-state index in [0.29, 0.717) is 25.7 Å². The molecule has 0 aromatic rings. The third-order valence-corrected chi connectivity index (χ3v) is 5.43. The molecule has 2 rings (SSSR count). The smallest absolute Gasteiger partial charge is 0.245 e. The van der Waals surface area contributed by atoms with Crippen molar-refractivity contribution in [3.63, 3.8) is 0 Å². The van der Waals surface area contributed by atoms with Crippen LogP contribution in [0.1, 0.15) is 59.8 Å². The first-order chi connectivity index (χ1) is 11.4. The van der Waals surface area contributed by atoms with Gasteiger partial charge in [-0.2, -0.15) is 0 Å². The molecule has 1 saturated heterocycles. The van der Waals surface area contributed by atoms with Crippen molar-refractivity contribution < 1.29 is 14.3 Å². The number of rotatable bonds is 5. The van der Waals surface area contributed by atoms with Crippen LogP contribution in [0, 0.1) is 17.8 Å². The zero-order valence-electron chi connectivity index (χ0n) is 15.7. The number of hydrogen-bond donors (Lipinski definition) is 1. The van der Waals surface area contributed by atoms with E-state index in [1.165, 1.54) is 6.42 Å². The van der Waals surface area contributed by atoms with Gasteiger partial charge in [-0.05, 0) is 24.7 Å². The molecule has 5 nitrogen and oxygen atoms in total. The van der Waals surface area contributed by atoms with Crippen LogP contribution in [0.25, 0.3) is 0 Å². The Morgan fingerprint density at radius 2 is 1.75 bits per heavy atom. The van der Waals surface area contributed by atoms with Crippen LogP contribution in [-0.4, -0.2) is 48.6 Å². The second kappa shape index (κ2) is 8.84. The van der Waals surface area contributed by atoms with Gasteiger partial charge in [0.2, 0.25) is 11.8 Å². The van der Waals surface area contributed by atoms with Gasteiger partial charge in [0.15, 0.2) is 0 Å². The van der Waals surface area contributed by atoms with E-state index in [-0.39, 0.29) is 35.7 Å². The fraction of sp³-hybridized carbons (Fsp3) is 0.895. The molecular formula is C19H34N2O3. The molecule has 1 saturated carbocycles. The quantitative estimate of drug-likeness (QED) is 0.838. The van der Waals surface area contributed by atoms with E-state index in [9.17, 15) is 9.59 Å². The Morgan fingerprint density at radius 1 is 1.08 bits per heavy atom. The van der Waals surface area contributed by atoms with Crippen LogP contribution in [0.3, 0.4) is 0 Å². The van der Waals surface area contributed by atoms with Crippen molar-refractivity contribution in [1.29, 1.82) is 0 Å². The minimum Gasteiger partial charge on any atom is -0.377 e. The molecule has 1 N–H and O–H groups in total. The normalized spacial score (nSPS) is 24.2. The maximum atomic E-state index is 13.3. The van der Waals surface area contributed by atoms with Gasteiger partial charge in [-0.1, -0.05) is 47.0 Å². The number of carbonyl (C=O) groups excluding carboxylic acids is 2. The lowest BCUT2D eigenvalue weighted by Crippen LogP contribution is -2.59. The first-order valence-corrected chi connectivity index (χ1v) is 9.60. The lowest BCUT2D eigenvalue weighted by atomic mass is 9.82. The molecule has 0 spiro atoms. The Balaban J connectivity index is 2.16.